The Balaban J connectivity index is 2.99. The number of hydrogen-bond donors (Lipinski definition) is 1. The van der Waals surface area contributed by atoms with Gasteiger partial charge in [0.15, 0.2) is 9.84 Å². The molecule has 1 amide bonds. The Hall–Kier alpha value is -0.580. The number of carbonyl (C=O) groups is 1. The third kappa shape index (κ3) is 1.38. The minimum absolute atomic E-state index is 0.0990. The quantitative estimate of drug-likeness (QED) is 0.575. The second kappa shape index (κ2) is 2.48. The highest BCUT2D eigenvalue weighted by molar-refractivity contribution is 7.93. The van der Waals surface area contributed by atoms with Crippen LogP contribution in [0.15, 0.2) is 0 Å². The van der Waals surface area contributed by atoms with Gasteiger partial charge in [-0.2, -0.15) is 0 Å². The van der Waals surface area contributed by atoms with Crippen molar-refractivity contribution in [2.45, 2.75) is 18.6 Å². The Bertz CT molecular complexity index is 270. The van der Waals surface area contributed by atoms with Crippen molar-refractivity contribution in [2.24, 2.45) is 11.7 Å². The summed E-state index contributed by atoms with van der Waals surface area (Å²) in [6, 6.07) is 0. The molecular formula is C6H11NO3S. The first-order chi connectivity index (χ1) is 4.95. The van der Waals surface area contributed by atoms with Gasteiger partial charge in [0.05, 0.1) is 5.75 Å². The van der Waals surface area contributed by atoms with Gasteiger partial charge in [0.25, 0.3) is 0 Å². The molecule has 2 atom stereocenters. The summed E-state index contributed by atoms with van der Waals surface area (Å²) in [5, 5.41) is -0.942. The van der Waals surface area contributed by atoms with Crippen molar-refractivity contribution in [1.29, 1.82) is 0 Å². The molecule has 2 unspecified atom stereocenters. The maximum absolute atomic E-state index is 11.1. The van der Waals surface area contributed by atoms with E-state index in [2.05, 4.69) is 0 Å². The molecule has 2 N–H and O–H groups in total. The maximum Gasteiger partial charge on any atom is 0.236 e. The second-order valence-corrected chi connectivity index (χ2v) is 5.20. The molecule has 0 bridgehead atoms. The summed E-state index contributed by atoms with van der Waals surface area (Å²) in [5.74, 6) is -0.727. The van der Waals surface area contributed by atoms with Crippen molar-refractivity contribution < 1.29 is 13.2 Å². The molecule has 0 radical (unpaired) electrons. The van der Waals surface area contributed by atoms with E-state index in [1.54, 1.807) is 6.92 Å². The standard InChI is InChI=1S/C6H11NO3S/c1-4-2-3-11(9,10)5(4)6(7)8/h4-5H,2-3H2,1H3,(H2,7,8). The van der Waals surface area contributed by atoms with Crippen molar-refractivity contribution in [3.05, 3.63) is 0 Å². The van der Waals surface area contributed by atoms with E-state index in [1.807, 2.05) is 0 Å². The van der Waals surface area contributed by atoms with Gasteiger partial charge in [0.2, 0.25) is 5.91 Å². The topological polar surface area (TPSA) is 77.2 Å². The summed E-state index contributed by atoms with van der Waals surface area (Å²) in [6.45, 7) is 1.74. The van der Waals surface area contributed by atoms with Crippen LogP contribution in [0, 0.1) is 5.92 Å². The summed E-state index contributed by atoms with van der Waals surface area (Å²) < 4.78 is 22.2. The van der Waals surface area contributed by atoms with Crippen LogP contribution in [0.1, 0.15) is 13.3 Å². The Morgan fingerprint density at radius 1 is 1.55 bits per heavy atom. The van der Waals surface area contributed by atoms with Crippen molar-refractivity contribution in [3.8, 4) is 0 Å². The fourth-order valence-electron chi connectivity index (χ4n) is 1.44. The number of nitrogens with two attached hydrogens (primary N) is 1. The molecule has 0 aliphatic carbocycles. The average Bonchev–Trinajstić information content (AvgIpc) is 2.06. The molecule has 11 heavy (non-hydrogen) atoms. The fourth-order valence-corrected chi connectivity index (χ4v) is 3.59. The number of amides is 1. The zero-order valence-corrected chi connectivity index (χ0v) is 7.10. The minimum Gasteiger partial charge on any atom is -0.369 e. The van der Waals surface area contributed by atoms with Crippen LogP contribution in [0.3, 0.4) is 0 Å². The Morgan fingerprint density at radius 2 is 2.09 bits per heavy atom. The zero-order valence-electron chi connectivity index (χ0n) is 6.28. The van der Waals surface area contributed by atoms with E-state index in [4.69, 9.17) is 5.73 Å². The Labute approximate surface area is 65.7 Å². The molecule has 0 aromatic heterocycles. The predicted octanol–water partition coefficient (Wildman–Crippen LogP) is -0.705. The third-order valence-corrected chi connectivity index (χ3v) is 4.32. The van der Waals surface area contributed by atoms with Crippen molar-refractivity contribution >= 4 is 15.7 Å². The normalized spacial score (nSPS) is 35.4. The third-order valence-electron chi connectivity index (χ3n) is 2.04. The molecule has 0 aromatic carbocycles. The molecule has 0 aromatic rings. The highest BCUT2D eigenvalue weighted by atomic mass is 32.2. The first-order valence-corrected chi connectivity index (χ1v) is 5.17. The Morgan fingerprint density at radius 3 is 2.27 bits per heavy atom. The Kier molecular flexibility index (Phi) is 1.92. The van der Waals surface area contributed by atoms with Crippen LogP contribution in [-0.2, 0) is 14.6 Å². The number of hydrogen-bond acceptors (Lipinski definition) is 3. The van der Waals surface area contributed by atoms with Crippen molar-refractivity contribution in [2.75, 3.05) is 5.75 Å². The largest absolute Gasteiger partial charge is 0.369 e. The lowest BCUT2D eigenvalue weighted by molar-refractivity contribution is -0.118. The van der Waals surface area contributed by atoms with Crippen LogP contribution in [0.25, 0.3) is 0 Å². The summed E-state index contributed by atoms with van der Waals surface area (Å²) >= 11 is 0. The molecule has 1 fully saturated rings. The molecule has 1 aliphatic heterocycles. The van der Waals surface area contributed by atoms with E-state index in [9.17, 15) is 13.2 Å². The number of primary amides is 1. The first-order valence-electron chi connectivity index (χ1n) is 3.46. The lowest BCUT2D eigenvalue weighted by atomic mass is 10.1. The van der Waals surface area contributed by atoms with Gasteiger partial charge in [-0.1, -0.05) is 6.92 Å². The van der Waals surface area contributed by atoms with Crippen molar-refractivity contribution in [1.82, 2.24) is 0 Å². The molecule has 64 valence electrons. The summed E-state index contributed by atoms with van der Waals surface area (Å²) in [6.07, 6.45) is 0.552. The highest BCUT2D eigenvalue weighted by Gasteiger charge is 2.41. The van der Waals surface area contributed by atoms with Crippen LogP contribution in [0.4, 0.5) is 0 Å². The van der Waals surface area contributed by atoms with Gasteiger partial charge in [0, 0.05) is 0 Å². The summed E-state index contributed by atoms with van der Waals surface area (Å²) in [7, 11) is -3.21. The van der Waals surface area contributed by atoms with Crippen LogP contribution < -0.4 is 5.73 Å². The summed E-state index contributed by atoms with van der Waals surface area (Å²) in [4.78, 5) is 10.7. The van der Waals surface area contributed by atoms with E-state index in [-0.39, 0.29) is 11.7 Å². The van der Waals surface area contributed by atoms with Gasteiger partial charge >= 0.3 is 0 Å². The van der Waals surface area contributed by atoms with Gasteiger partial charge in [-0.25, -0.2) is 8.42 Å². The van der Waals surface area contributed by atoms with E-state index in [0.717, 1.165) is 0 Å². The first kappa shape index (κ1) is 8.52. The maximum atomic E-state index is 11.1. The minimum atomic E-state index is -3.21. The molecule has 4 nitrogen and oxygen atoms in total. The molecule has 0 spiro atoms. The molecule has 1 saturated heterocycles. The summed E-state index contributed by atoms with van der Waals surface area (Å²) in [5.41, 5.74) is 4.95. The van der Waals surface area contributed by atoms with Crippen LogP contribution >= 0.6 is 0 Å². The van der Waals surface area contributed by atoms with E-state index >= 15 is 0 Å². The van der Waals surface area contributed by atoms with Crippen LogP contribution in [0.2, 0.25) is 0 Å². The second-order valence-electron chi connectivity index (χ2n) is 2.96. The van der Waals surface area contributed by atoms with E-state index in [0.29, 0.717) is 6.42 Å². The van der Waals surface area contributed by atoms with E-state index < -0.39 is 21.0 Å². The van der Waals surface area contributed by atoms with Crippen molar-refractivity contribution in [3.63, 3.8) is 0 Å². The molecule has 1 heterocycles. The molecule has 0 saturated carbocycles. The van der Waals surface area contributed by atoms with Gasteiger partial charge in [0.1, 0.15) is 5.25 Å². The molecular weight excluding hydrogens is 166 g/mol. The monoisotopic (exact) mass is 177 g/mol. The number of sulfone groups is 1. The molecule has 5 heteroatoms. The number of rotatable bonds is 1. The van der Waals surface area contributed by atoms with E-state index in [1.165, 1.54) is 0 Å². The smallest absolute Gasteiger partial charge is 0.236 e. The van der Waals surface area contributed by atoms with Gasteiger partial charge in [-0.15, -0.1) is 0 Å². The van der Waals surface area contributed by atoms with Crippen LogP contribution in [-0.4, -0.2) is 25.3 Å². The van der Waals surface area contributed by atoms with Crippen LogP contribution in [0.5, 0.6) is 0 Å². The van der Waals surface area contributed by atoms with Gasteiger partial charge < -0.3 is 5.73 Å². The fraction of sp³-hybridized carbons (Fsp3) is 0.833. The molecule has 1 aliphatic rings. The lowest BCUT2D eigenvalue weighted by Crippen LogP contribution is -2.36. The highest BCUT2D eigenvalue weighted by Crippen LogP contribution is 2.25. The average molecular weight is 177 g/mol. The lowest BCUT2D eigenvalue weighted by Gasteiger charge is -2.08. The zero-order chi connectivity index (χ0) is 8.65. The van der Waals surface area contributed by atoms with Gasteiger partial charge in [-0.3, -0.25) is 4.79 Å². The predicted molar refractivity (Wildman–Crippen MR) is 40.6 cm³/mol. The SMILES string of the molecule is CC1CCS(=O)(=O)C1C(N)=O. The molecule has 1 rings (SSSR count). The van der Waals surface area contributed by atoms with Gasteiger partial charge in [-0.05, 0) is 12.3 Å². The number of carbonyl (C=O) groups excluding carboxylic acids is 1.